The molecular formula is C20H22Cl2N2. The molecule has 0 spiro atoms. The molecule has 1 heterocycles. The van der Waals surface area contributed by atoms with Gasteiger partial charge < -0.3 is 10.6 Å². The molecule has 2 aromatic rings. The predicted octanol–water partition coefficient (Wildman–Crippen LogP) is 5.28. The maximum atomic E-state index is 6.08. The van der Waals surface area contributed by atoms with Gasteiger partial charge in [-0.1, -0.05) is 60.3 Å². The van der Waals surface area contributed by atoms with Crippen LogP contribution in [0.15, 0.2) is 48.5 Å². The molecule has 2 unspecified atom stereocenters. The fourth-order valence-corrected chi connectivity index (χ4v) is 4.35. The van der Waals surface area contributed by atoms with E-state index < -0.39 is 0 Å². The van der Waals surface area contributed by atoms with Crippen LogP contribution in [0.2, 0.25) is 10.0 Å². The van der Waals surface area contributed by atoms with E-state index in [2.05, 4.69) is 34.9 Å². The molecule has 0 aromatic heterocycles. The minimum atomic E-state index is 0.239. The molecule has 2 aliphatic rings. The Hall–Kier alpha value is -1.06. The van der Waals surface area contributed by atoms with Crippen molar-refractivity contribution in [3.63, 3.8) is 0 Å². The van der Waals surface area contributed by atoms with Crippen LogP contribution in [0.1, 0.15) is 48.9 Å². The standard InChI is InChI=1S/C20H22Cl2N2/c21-15-9-5-13(6-10-15)19-20(14-7-11-16(22)12-8-14)24-18-4-2-1-3-17(18)23-19/h5-12,17-20,23-24H,1-4H2/t17-,18-,19?,20?/m1/s1. The Labute approximate surface area is 153 Å². The Morgan fingerprint density at radius 1 is 0.625 bits per heavy atom. The van der Waals surface area contributed by atoms with Crippen molar-refractivity contribution in [2.24, 2.45) is 0 Å². The first-order chi connectivity index (χ1) is 11.7. The maximum Gasteiger partial charge on any atom is 0.0521 e. The topological polar surface area (TPSA) is 24.1 Å². The molecule has 1 saturated heterocycles. The zero-order valence-electron chi connectivity index (χ0n) is 13.5. The van der Waals surface area contributed by atoms with Gasteiger partial charge in [-0.25, -0.2) is 0 Å². The first kappa shape index (κ1) is 16.4. The average molecular weight is 361 g/mol. The van der Waals surface area contributed by atoms with Crippen molar-refractivity contribution in [3.05, 3.63) is 69.7 Å². The van der Waals surface area contributed by atoms with Crippen LogP contribution in [0.25, 0.3) is 0 Å². The van der Waals surface area contributed by atoms with Gasteiger partial charge in [0, 0.05) is 22.1 Å². The van der Waals surface area contributed by atoms with Crippen molar-refractivity contribution in [1.82, 2.24) is 10.6 Å². The summed E-state index contributed by atoms with van der Waals surface area (Å²) in [6.45, 7) is 0. The van der Waals surface area contributed by atoms with Crippen molar-refractivity contribution >= 4 is 23.2 Å². The van der Waals surface area contributed by atoms with Crippen molar-refractivity contribution in [1.29, 1.82) is 0 Å². The van der Waals surface area contributed by atoms with Gasteiger partial charge in [0.1, 0.15) is 0 Å². The van der Waals surface area contributed by atoms with E-state index in [0.29, 0.717) is 12.1 Å². The van der Waals surface area contributed by atoms with E-state index in [0.717, 1.165) is 10.0 Å². The van der Waals surface area contributed by atoms with Crippen molar-refractivity contribution < 1.29 is 0 Å². The van der Waals surface area contributed by atoms with Gasteiger partial charge in [-0.15, -0.1) is 0 Å². The summed E-state index contributed by atoms with van der Waals surface area (Å²) >= 11 is 12.2. The van der Waals surface area contributed by atoms with E-state index in [1.54, 1.807) is 0 Å². The fraction of sp³-hybridized carbons (Fsp3) is 0.400. The van der Waals surface area contributed by atoms with E-state index >= 15 is 0 Å². The van der Waals surface area contributed by atoms with Crippen LogP contribution in [0.3, 0.4) is 0 Å². The number of halogens is 2. The molecule has 0 amide bonds. The molecule has 1 aliphatic heterocycles. The molecule has 4 heteroatoms. The molecule has 2 nitrogen and oxygen atoms in total. The summed E-state index contributed by atoms with van der Waals surface area (Å²) in [5.74, 6) is 0. The van der Waals surface area contributed by atoms with Gasteiger partial charge in [0.05, 0.1) is 12.1 Å². The summed E-state index contributed by atoms with van der Waals surface area (Å²) in [6, 6.07) is 18.0. The minimum absolute atomic E-state index is 0.239. The molecule has 4 rings (SSSR count). The third-order valence-electron chi connectivity index (χ3n) is 5.34. The predicted molar refractivity (Wildman–Crippen MR) is 101 cm³/mol. The molecule has 2 N–H and O–H groups in total. The van der Waals surface area contributed by atoms with Crippen LogP contribution in [0.4, 0.5) is 0 Å². The second kappa shape index (κ2) is 7.05. The van der Waals surface area contributed by atoms with Crippen LogP contribution in [-0.4, -0.2) is 12.1 Å². The van der Waals surface area contributed by atoms with E-state index in [9.17, 15) is 0 Å². The van der Waals surface area contributed by atoms with Crippen LogP contribution in [-0.2, 0) is 0 Å². The summed E-state index contributed by atoms with van der Waals surface area (Å²) in [5, 5.41) is 9.39. The molecule has 0 radical (unpaired) electrons. The average Bonchev–Trinajstić information content (AvgIpc) is 2.62. The SMILES string of the molecule is Clc1ccc(C2N[C@@H]3CCCC[C@H]3NC2c2ccc(Cl)cc2)cc1. The van der Waals surface area contributed by atoms with Gasteiger partial charge in [-0.05, 0) is 48.2 Å². The lowest BCUT2D eigenvalue weighted by Crippen LogP contribution is -2.59. The second-order valence-corrected chi connectivity index (χ2v) is 7.76. The number of piperazine rings is 1. The van der Waals surface area contributed by atoms with Crippen LogP contribution in [0.5, 0.6) is 0 Å². The molecule has 126 valence electrons. The monoisotopic (exact) mass is 360 g/mol. The zero-order valence-corrected chi connectivity index (χ0v) is 15.0. The van der Waals surface area contributed by atoms with Gasteiger partial charge in [-0.2, -0.15) is 0 Å². The molecule has 24 heavy (non-hydrogen) atoms. The molecule has 1 saturated carbocycles. The highest BCUT2D eigenvalue weighted by molar-refractivity contribution is 6.30. The molecular weight excluding hydrogens is 339 g/mol. The largest absolute Gasteiger partial charge is 0.304 e. The molecule has 2 fully saturated rings. The number of fused-ring (bicyclic) bond motifs is 1. The summed E-state index contributed by atoms with van der Waals surface area (Å²) in [6.07, 6.45) is 5.12. The van der Waals surface area contributed by atoms with Gasteiger partial charge in [-0.3, -0.25) is 0 Å². The first-order valence-electron chi connectivity index (χ1n) is 8.74. The smallest absolute Gasteiger partial charge is 0.0521 e. The number of benzene rings is 2. The number of rotatable bonds is 2. The Morgan fingerprint density at radius 3 is 1.38 bits per heavy atom. The van der Waals surface area contributed by atoms with Crippen molar-refractivity contribution in [3.8, 4) is 0 Å². The number of hydrogen-bond donors (Lipinski definition) is 2. The van der Waals surface area contributed by atoms with E-state index in [1.165, 1.54) is 36.8 Å². The summed E-state index contributed by atoms with van der Waals surface area (Å²) in [4.78, 5) is 0. The van der Waals surface area contributed by atoms with E-state index in [4.69, 9.17) is 23.2 Å². The summed E-state index contributed by atoms with van der Waals surface area (Å²) in [5.41, 5.74) is 2.55. The Balaban J connectivity index is 1.68. The van der Waals surface area contributed by atoms with Crippen LogP contribution < -0.4 is 10.6 Å². The highest BCUT2D eigenvalue weighted by Crippen LogP contribution is 2.37. The van der Waals surface area contributed by atoms with Crippen molar-refractivity contribution in [2.75, 3.05) is 0 Å². The molecule has 0 bridgehead atoms. The molecule has 1 aliphatic carbocycles. The quantitative estimate of drug-likeness (QED) is 0.761. The van der Waals surface area contributed by atoms with Crippen LogP contribution in [0, 0.1) is 0 Å². The van der Waals surface area contributed by atoms with Gasteiger partial charge in [0.25, 0.3) is 0 Å². The first-order valence-corrected chi connectivity index (χ1v) is 9.49. The Morgan fingerprint density at radius 2 is 1.00 bits per heavy atom. The number of nitrogens with one attached hydrogen (secondary N) is 2. The highest BCUT2D eigenvalue weighted by Gasteiger charge is 2.38. The highest BCUT2D eigenvalue weighted by atomic mass is 35.5. The summed E-state index contributed by atoms with van der Waals surface area (Å²) in [7, 11) is 0. The third-order valence-corrected chi connectivity index (χ3v) is 5.85. The second-order valence-electron chi connectivity index (χ2n) is 6.89. The fourth-order valence-electron chi connectivity index (χ4n) is 4.10. The maximum absolute atomic E-state index is 6.08. The lowest BCUT2D eigenvalue weighted by atomic mass is 9.82. The van der Waals surface area contributed by atoms with Crippen molar-refractivity contribution in [2.45, 2.75) is 49.9 Å². The van der Waals surface area contributed by atoms with E-state index in [-0.39, 0.29) is 12.1 Å². The molecule has 4 atom stereocenters. The third kappa shape index (κ3) is 3.34. The normalized spacial score (nSPS) is 29.9. The molecule has 2 aromatic carbocycles. The Kier molecular flexibility index (Phi) is 4.82. The lowest BCUT2D eigenvalue weighted by Gasteiger charge is -2.46. The van der Waals surface area contributed by atoms with Gasteiger partial charge >= 0.3 is 0 Å². The summed E-state index contributed by atoms with van der Waals surface area (Å²) < 4.78 is 0. The van der Waals surface area contributed by atoms with Gasteiger partial charge in [0.15, 0.2) is 0 Å². The number of hydrogen-bond acceptors (Lipinski definition) is 2. The van der Waals surface area contributed by atoms with E-state index in [1.807, 2.05) is 24.3 Å². The zero-order chi connectivity index (χ0) is 16.5. The Bertz CT molecular complexity index is 622. The van der Waals surface area contributed by atoms with Crippen LogP contribution >= 0.6 is 23.2 Å². The lowest BCUT2D eigenvalue weighted by molar-refractivity contribution is 0.168. The minimum Gasteiger partial charge on any atom is -0.304 e. The van der Waals surface area contributed by atoms with Gasteiger partial charge in [0.2, 0.25) is 0 Å².